The molecule has 0 saturated carbocycles. The van der Waals surface area contributed by atoms with Crippen molar-refractivity contribution in [1.29, 1.82) is 0 Å². The molecule has 1 aromatic heterocycles. The molecule has 0 aliphatic carbocycles. The molecule has 1 atom stereocenters. The van der Waals surface area contributed by atoms with Gasteiger partial charge in [0.2, 0.25) is 0 Å². The maximum atomic E-state index is 13.0. The summed E-state index contributed by atoms with van der Waals surface area (Å²) in [6, 6.07) is 10.7. The van der Waals surface area contributed by atoms with E-state index in [0.717, 1.165) is 28.7 Å². The predicted octanol–water partition coefficient (Wildman–Crippen LogP) is 3.53. The van der Waals surface area contributed by atoms with Gasteiger partial charge in [-0.1, -0.05) is 12.1 Å². The van der Waals surface area contributed by atoms with Gasteiger partial charge in [0.15, 0.2) is 0 Å². The number of hydrogen-bond donors (Lipinski definition) is 1. The van der Waals surface area contributed by atoms with Crippen molar-refractivity contribution in [2.24, 2.45) is 0 Å². The highest BCUT2D eigenvalue weighted by molar-refractivity contribution is 9.10. The molecule has 0 saturated heterocycles. The number of aromatic nitrogens is 1. The first-order valence-electron chi connectivity index (χ1n) is 6.19. The number of likely N-dealkylation sites (N-methyl/N-ethyl adjacent to an activating group) is 1. The number of nitrogens with zero attached hydrogens (tertiary/aromatic N) is 1. The summed E-state index contributed by atoms with van der Waals surface area (Å²) in [5.74, 6) is 0.0907. The van der Waals surface area contributed by atoms with E-state index in [2.05, 4.69) is 26.2 Å². The molecular weight excluding hydrogens is 307 g/mol. The van der Waals surface area contributed by atoms with Gasteiger partial charge in [0, 0.05) is 28.8 Å². The number of benzene rings is 1. The molecule has 0 fully saturated rings. The Bertz CT molecular complexity index is 511. The SMILES string of the molecule is CNCC(Cc1ccc(Br)cn1)c1ccc(F)cc1. The van der Waals surface area contributed by atoms with Crippen molar-refractivity contribution in [3.8, 4) is 0 Å². The lowest BCUT2D eigenvalue weighted by molar-refractivity contribution is 0.607. The Balaban J connectivity index is 2.15. The van der Waals surface area contributed by atoms with Crippen LogP contribution in [0.25, 0.3) is 0 Å². The normalized spacial score (nSPS) is 12.4. The Morgan fingerprint density at radius 3 is 2.53 bits per heavy atom. The highest BCUT2D eigenvalue weighted by atomic mass is 79.9. The van der Waals surface area contributed by atoms with Crippen LogP contribution in [0.1, 0.15) is 17.2 Å². The van der Waals surface area contributed by atoms with Crippen LogP contribution >= 0.6 is 15.9 Å². The Morgan fingerprint density at radius 1 is 1.21 bits per heavy atom. The maximum Gasteiger partial charge on any atom is 0.123 e. The second-order valence-electron chi connectivity index (χ2n) is 4.48. The van der Waals surface area contributed by atoms with Crippen molar-refractivity contribution in [3.63, 3.8) is 0 Å². The van der Waals surface area contributed by atoms with Crippen LogP contribution in [0.15, 0.2) is 47.1 Å². The number of pyridine rings is 1. The van der Waals surface area contributed by atoms with Gasteiger partial charge in [0.1, 0.15) is 5.82 Å². The molecule has 0 radical (unpaired) electrons. The molecule has 0 aliphatic heterocycles. The summed E-state index contributed by atoms with van der Waals surface area (Å²) in [5, 5.41) is 3.18. The average Bonchev–Trinajstić information content (AvgIpc) is 2.42. The van der Waals surface area contributed by atoms with E-state index < -0.39 is 0 Å². The van der Waals surface area contributed by atoms with Crippen molar-refractivity contribution in [2.45, 2.75) is 12.3 Å². The first kappa shape index (κ1) is 14.2. The Hall–Kier alpha value is -1.26. The van der Waals surface area contributed by atoms with Crippen molar-refractivity contribution < 1.29 is 4.39 Å². The zero-order valence-corrected chi connectivity index (χ0v) is 12.3. The van der Waals surface area contributed by atoms with Crippen LogP contribution in [0.3, 0.4) is 0 Å². The molecule has 100 valence electrons. The molecular formula is C15H16BrFN2. The van der Waals surface area contributed by atoms with Crippen LogP contribution in [-0.2, 0) is 6.42 Å². The summed E-state index contributed by atoms with van der Waals surface area (Å²) in [5.41, 5.74) is 2.16. The minimum atomic E-state index is -0.200. The third-order valence-electron chi connectivity index (χ3n) is 3.04. The van der Waals surface area contributed by atoms with Gasteiger partial charge in [-0.3, -0.25) is 4.98 Å². The molecule has 2 aromatic rings. The third kappa shape index (κ3) is 4.11. The van der Waals surface area contributed by atoms with Crippen LogP contribution in [-0.4, -0.2) is 18.6 Å². The average molecular weight is 323 g/mol. The van der Waals surface area contributed by atoms with Crippen LogP contribution in [0.4, 0.5) is 4.39 Å². The molecule has 0 spiro atoms. The first-order valence-corrected chi connectivity index (χ1v) is 6.99. The van der Waals surface area contributed by atoms with Crippen LogP contribution in [0.2, 0.25) is 0 Å². The van der Waals surface area contributed by atoms with Crippen LogP contribution in [0.5, 0.6) is 0 Å². The topological polar surface area (TPSA) is 24.9 Å². The van der Waals surface area contributed by atoms with Crippen LogP contribution < -0.4 is 5.32 Å². The minimum absolute atomic E-state index is 0.200. The van der Waals surface area contributed by atoms with E-state index in [1.807, 2.05) is 31.3 Å². The first-order chi connectivity index (χ1) is 9.19. The summed E-state index contributed by atoms with van der Waals surface area (Å²) in [4.78, 5) is 4.39. The fourth-order valence-corrected chi connectivity index (χ4v) is 2.30. The zero-order valence-electron chi connectivity index (χ0n) is 10.7. The fraction of sp³-hybridized carbons (Fsp3) is 0.267. The van der Waals surface area contributed by atoms with Gasteiger partial charge in [-0.25, -0.2) is 4.39 Å². The molecule has 1 heterocycles. The fourth-order valence-electron chi connectivity index (χ4n) is 2.07. The van der Waals surface area contributed by atoms with Gasteiger partial charge in [-0.05, 0) is 59.2 Å². The van der Waals surface area contributed by atoms with Crippen molar-refractivity contribution in [3.05, 3.63) is 64.1 Å². The monoisotopic (exact) mass is 322 g/mol. The number of hydrogen-bond acceptors (Lipinski definition) is 2. The summed E-state index contributed by atoms with van der Waals surface area (Å²) in [7, 11) is 1.92. The van der Waals surface area contributed by atoms with Crippen LogP contribution in [0, 0.1) is 5.82 Å². The summed E-state index contributed by atoms with van der Waals surface area (Å²) in [6.07, 6.45) is 2.64. The molecule has 0 aliphatic rings. The largest absolute Gasteiger partial charge is 0.319 e. The molecule has 1 N–H and O–H groups in total. The second kappa shape index (κ2) is 6.78. The summed E-state index contributed by atoms with van der Waals surface area (Å²) >= 11 is 3.38. The van der Waals surface area contributed by atoms with Gasteiger partial charge in [0.05, 0.1) is 0 Å². The van der Waals surface area contributed by atoms with Gasteiger partial charge in [-0.15, -0.1) is 0 Å². The standard InChI is InChI=1S/C15H16BrFN2/c1-18-9-12(11-2-5-14(17)6-3-11)8-15-7-4-13(16)10-19-15/h2-7,10,12,18H,8-9H2,1H3. The Labute approximate surface area is 121 Å². The van der Waals surface area contributed by atoms with Gasteiger partial charge in [-0.2, -0.15) is 0 Å². The van der Waals surface area contributed by atoms with Crippen molar-refractivity contribution >= 4 is 15.9 Å². The minimum Gasteiger partial charge on any atom is -0.319 e. The van der Waals surface area contributed by atoms with E-state index in [1.165, 1.54) is 12.1 Å². The highest BCUT2D eigenvalue weighted by Gasteiger charge is 2.12. The van der Waals surface area contributed by atoms with E-state index in [-0.39, 0.29) is 5.82 Å². The van der Waals surface area contributed by atoms with Gasteiger partial charge in [0.25, 0.3) is 0 Å². The lowest BCUT2D eigenvalue weighted by atomic mass is 9.94. The molecule has 2 nitrogen and oxygen atoms in total. The number of halogens is 2. The lowest BCUT2D eigenvalue weighted by Gasteiger charge is -2.16. The highest BCUT2D eigenvalue weighted by Crippen LogP contribution is 2.20. The maximum absolute atomic E-state index is 13.0. The second-order valence-corrected chi connectivity index (χ2v) is 5.39. The number of rotatable bonds is 5. The quantitative estimate of drug-likeness (QED) is 0.910. The third-order valence-corrected chi connectivity index (χ3v) is 3.51. The lowest BCUT2D eigenvalue weighted by Crippen LogP contribution is -2.19. The van der Waals surface area contributed by atoms with E-state index in [1.54, 1.807) is 6.20 Å². The molecule has 1 aromatic carbocycles. The van der Waals surface area contributed by atoms with E-state index in [9.17, 15) is 4.39 Å². The molecule has 0 bridgehead atoms. The van der Waals surface area contributed by atoms with Crippen molar-refractivity contribution in [1.82, 2.24) is 10.3 Å². The molecule has 0 amide bonds. The molecule has 4 heteroatoms. The molecule has 19 heavy (non-hydrogen) atoms. The zero-order chi connectivity index (χ0) is 13.7. The van der Waals surface area contributed by atoms with E-state index >= 15 is 0 Å². The summed E-state index contributed by atoms with van der Waals surface area (Å²) < 4.78 is 13.9. The summed E-state index contributed by atoms with van der Waals surface area (Å²) in [6.45, 7) is 0.837. The molecule has 2 rings (SSSR count). The Kier molecular flexibility index (Phi) is 5.05. The Morgan fingerprint density at radius 2 is 1.95 bits per heavy atom. The predicted molar refractivity (Wildman–Crippen MR) is 78.7 cm³/mol. The van der Waals surface area contributed by atoms with Gasteiger partial charge < -0.3 is 5.32 Å². The smallest absolute Gasteiger partial charge is 0.123 e. The molecule has 1 unspecified atom stereocenters. The van der Waals surface area contributed by atoms with E-state index in [4.69, 9.17) is 0 Å². The van der Waals surface area contributed by atoms with Gasteiger partial charge >= 0.3 is 0 Å². The van der Waals surface area contributed by atoms with Crippen molar-refractivity contribution in [2.75, 3.05) is 13.6 Å². The number of nitrogens with one attached hydrogen (secondary N) is 1. The van der Waals surface area contributed by atoms with E-state index in [0.29, 0.717) is 5.92 Å².